The molecule has 1 saturated carbocycles. The van der Waals surface area contributed by atoms with E-state index in [0.29, 0.717) is 11.4 Å². The van der Waals surface area contributed by atoms with Gasteiger partial charge in [-0.05, 0) is 49.8 Å². The first kappa shape index (κ1) is 14.5. The largest absolute Gasteiger partial charge is 0.326 e. The molecule has 0 heterocycles. The molecular weight excluding hydrogens is 260 g/mol. The highest BCUT2D eigenvalue weighted by Gasteiger charge is 2.39. The predicted molar refractivity (Wildman–Crippen MR) is 76.3 cm³/mol. The Balaban J connectivity index is 2.29. The van der Waals surface area contributed by atoms with Gasteiger partial charge in [-0.25, -0.2) is 13.1 Å². The van der Waals surface area contributed by atoms with E-state index in [1.807, 2.05) is 19.9 Å². The zero-order valence-electron chi connectivity index (χ0n) is 11.6. The van der Waals surface area contributed by atoms with Crippen molar-refractivity contribution in [1.29, 1.82) is 0 Å². The van der Waals surface area contributed by atoms with Crippen molar-refractivity contribution in [2.75, 3.05) is 0 Å². The summed E-state index contributed by atoms with van der Waals surface area (Å²) in [6.45, 7) is 4.27. The molecule has 1 aliphatic rings. The molecule has 0 saturated heterocycles. The van der Waals surface area contributed by atoms with Crippen molar-refractivity contribution >= 4 is 10.0 Å². The van der Waals surface area contributed by atoms with Crippen LogP contribution in [-0.2, 0) is 16.6 Å². The molecule has 1 fully saturated rings. The van der Waals surface area contributed by atoms with Gasteiger partial charge in [-0.15, -0.1) is 0 Å². The van der Waals surface area contributed by atoms with Crippen LogP contribution in [0.4, 0.5) is 0 Å². The fraction of sp³-hybridized carbons (Fsp3) is 0.571. The number of hydrogen-bond donors (Lipinski definition) is 2. The summed E-state index contributed by atoms with van der Waals surface area (Å²) in [6.07, 6.45) is 3.80. The number of sulfonamides is 1. The lowest BCUT2D eigenvalue weighted by Crippen LogP contribution is -2.52. The van der Waals surface area contributed by atoms with Gasteiger partial charge >= 0.3 is 0 Å². The molecule has 0 atom stereocenters. The van der Waals surface area contributed by atoms with E-state index < -0.39 is 10.0 Å². The number of nitrogens with one attached hydrogen (secondary N) is 1. The minimum Gasteiger partial charge on any atom is -0.326 e. The third kappa shape index (κ3) is 2.83. The normalized spacial score (nSPS) is 18.1. The molecular formula is C14H22N2O2S. The molecule has 3 N–H and O–H groups in total. The van der Waals surface area contributed by atoms with Crippen LogP contribution in [0.25, 0.3) is 0 Å². The van der Waals surface area contributed by atoms with E-state index in [9.17, 15) is 8.42 Å². The lowest BCUT2D eigenvalue weighted by molar-refractivity contribution is 0.214. The number of aryl methyl sites for hydroxylation is 1. The van der Waals surface area contributed by atoms with Crippen LogP contribution in [0.15, 0.2) is 23.1 Å². The molecule has 1 aromatic rings. The maximum atomic E-state index is 12.5. The number of nitrogens with two attached hydrogens (primary N) is 1. The monoisotopic (exact) mass is 282 g/mol. The molecule has 1 aromatic carbocycles. The minimum absolute atomic E-state index is 0.224. The first-order valence-corrected chi connectivity index (χ1v) is 8.24. The maximum absolute atomic E-state index is 12.5. The lowest BCUT2D eigenvalue weighted by atomic mass is 9.76. The van der Waals surface area contributed by atoms with Gasteiger partial charge in [0, 0.05) is 12.1 Å². The van der Waals surface area contributed by atoms with Crippen LogP contribution in [0, 0.1) is 6.92 Å². The Morgan fingerprint density at radius 1 is 1.37 bits per heavy atom. The molecule has 0 amide bonds. The molecule has 0 aliphatic heterocycles. The average Bonchev–Trinajstić information content (AvgIpc) is 2.33. The first-order valence-electron chi connectivity index (χ1n) is 6.76. The Morgan fingerprint density at radius 3 is 2.47 bits per heavy atom. The van der Waals surface area contributed by atoms with E-state index in [4.69, 9.17) is 5.73 Å². The molecule has 19 heavy (non-hydrogen) atoms. The van der Waals surface area contributed by atoms with Crippen molar-refractivity contribution in [3.63, 3.8) is 0 Å². The second kappa shape index (κ2) is 5.23. The van der Waals surface area contributed by atoms with Gasteiger partial charge < -0.3 is 5.73 Å². The van der Waals surface area contributed by atoms with E-state index in [0.717, 1.165) is 36.8 Å². The molecule has 0 spiro atoms. The van der Waals surface area contributed by atoms with Gasteiger partial charge in [-0.2, -0.15) is 0 Å². The van der Waals surface area contributed by atoms with Gasteiger partial charge in [0.05, 0.1) is 4.90 Å². The molecule has 1 aliphatic carbocycles. The fourth-order valence-corrected chi connectivity index (χ4v) is 4.37. The average molecular weight is 282 g/mol. The van der Waals surface area contributed by atoms with Gasteiger partial charge in [0.25, 0.3) is 0 Å². The van der Waals surface area contributed by atoms with Gasteiger partial charge in [0.1, 0.15) is 0 Å². The summed E-state index contributed by atoms with van der Waals surface area (Å²) >= 11 is 0. The van der Waals surface area contributed by atoms with Crippen molar-refractivity contribution in [3.05, 3.63) is 29.3 Å². The Labute approximate surface area is 115 Å². The van der Waals surface area contributed by atoms with E-state index in [1.165, 1.54) is 0 Å². The van der Waals surface area contributed by atoms with Gasteiger partial charge in [0.2, 0.25) is 10.0 Å². The summed E-state index contributed by atoms with van der Waals surface area (Å²) in [7, 11) is -3.44. The highest BCUT2D eigenvalue weighted by Crippen LogP contribution is 2.36. The van der Waals surface area contributed by atoms with Crippen molar-refractivity contribution in [1.82, 2.24) is 4.72 Å². The summed E-state index contributed by atoms with van der Waals surface area (Å²) in [4.78, 5) is 0.365. The second-order valence-corrected chi connectivity index (χ2v) is 7.05. The minimum atomic E-state index is -3.44. The number of rotatable bonds is 5. The Kier molecular flexibility index (Phi) is 3.99. The lowest BCUT2D eigenvalue weighted by Gasteiger charge is -2.41. The van der Waals surface area contributed by atoms with E-state index >= 15 is 0 Å². The fourth-order valence-electron chi connectivity index (χ4n) is 2.61. The molecule has 4 nitrogen and oxygen atoms in total. The van der Waals surface area contributed by atoms with Crippen LogP contribution in [-0.4, -0.2) is 14.0 Å². The summed E-state index contributed by atoms with van der Waals surface area (Å²) in [5, 5.41) is 0. The zero-order valence-corrected chi connectivity index (χ0v) is 12.4. The molecule has 0 unspecified atom stereocenters. The molecule has 0 radical (unpaired) electrons. The predicted octanol–water partition coefficient (Wildman–Crippen LogP) is 2.06. The van der Waals surface area contributed by atoms with Crippen molar-refractivity contribution in [2.45, 2.75) is 56.5 Å². The van der Waals surface area contributed by atoms with Crippen molar-refractivity contribution < 1.29 is 8.42 Å². The van der Waals surface area contributed by atoms with Crippen molar-refractivity contribution in [3.8, 4) is 0 Å². The zero-order chi connectivity index (χ0) is 14.1. The summed E-state index contributed by atoms with van der Waals surface area (Å²) in [5.41, 5.74) is 7.04. The summed E-state index contributed by atoms with van der Waals surface area (Å²) < 4.78 is 27.8. The van der Waals surface area contributed by atoms with E-state index in [2.05, 4.69) is 4.72 Å². The van der Waals surface area contributed by atoms with Crippen LogP contribution in [0.3, 0.4) is 0 Å². The van der Waals surface area contributed by atoms with Crippen LogP contribution >= 0.6 is 0 Å². The van der Waals surface area contributed by atoms with Crippen LogP contribution in [0.1, 0.15) is 43.7 Å². The Hall–Kier alpha value is -0.910. The smallest absolute Gasteiger partial charge is 0.241 e. The highest BCUT2D eigenvalue weighted by molar-refractivity contribution is 7.89. The highest BCUT2D eigenvalue weighted by atomic mass is 32.2. The molecule has 0 aromatic heterocycles. The topological polar surface area (TPSA) is 72.2 Å². The van der Waals surface area contributed by atoms with E-state index in [1.54, 1.807) is 12.1 Å². The quantitative estimate of drug-likeness (QED) is 0.868. The van der Waals surface area contributed by atoms with Gasteiger partial charge in [-0.1, -0.05) is 19.1 Å². The number of hydrogen-bond acceptors (Lipinski definition) is 3. The maximum Gasteiger partial charge on any atom is 0.241 e. The second-order valence-electron chi connectivity index (χ2n) is 5.40. The molecule has 106 valence electrons. The third-order valence-electron chi connectivity index (χ3n) is 4.10. The molecule has 5 heteroatoms. The standard InChI is InChI=1S/C14H22N2O2S/c1-3-14(7-4-8-14)16-19(17,18)13-6-5-12(10-15)9-11(13)2/h5-6,9,16H,3-4,7-8,10,15H2,1-2H3. The summed E-state index contributed by atoms with van der Waals surface area (Å²) in [5.74, 6) is 0. The van der Waals surface area contributed by atoms with Gasteiger partial charge in [0.15, 0.2) is 0 Å². The Morgan fingerprint density at radius 2 is 2.05 bits per heavy atom. The van der Waals surface area contributed by atoms with E-state index in [-0.39, 0.29) is 5.54 Å². The summed E-state index contributed by atoms with van der Waals surface area (Å²) in [6, 6.07) is 5.27. The van der Waals surface area contributed by atoms with Crippen LogP contribution in [0.5, 0.6) is 0 Å². The van der Waals surface area contributed by atoms with Gasteiger partial charge in [-0.3, -0.25) is 0 Å². The Bertz CT molecular complexity index is 557. The number of benzene rings is 1. The van der Waals surface area contributed by atoms with Crippen LogP contribution in [0.2, 0.25) is 0 Å². The van der Waals surface area contributed by atoms with Crippen molar-refractivity contribution in [2.24, 2.45) is 5.73 Å². The molecule has 0 bridgehead atoms. The SMILES string of the molecule is CCC1(NS(=O)(=O)c2ccc(CN)cc2C)CCC1. The van der Waals surface area contributed by atoms with Crippen LogP contribution < -0.4 is 10.5 Å². The first-order chi connectivity index (χ1) is 8.92. The molecule has 2 rings (SSSR count). The third-order valence-corrected chi connectivity index (χ3v) is 5.84.